The van der Waals surface area contributed by atoms with Crippen LogP contribution >= 0.6 is 0 Å². The van der Waals surface area contributed by atoms with E-state index in [1.807, 2.05) is 62.4 Å². The van der Waals surface area contributed by atoms with E-state index in [0.717, 1.165) is 40.6 Å². The first-order valence-electron chi connectivity index (χ1n) is 11.1. The Labute approximate surface area is 181 Å². The summed E-state index contributed by atoms with van der Waals surface area (Å²) in [4.78, 5) is 40.8. The van der Waals surface area contributed by atoms with Crippen molar-refractivity contribution in [1.29, 1.82) is 0 Å². The molecule has 0 N–H and O–H groups in total. The van der Waals surface area contributed by atoms with E-state index in [1.54, 1.807) is 15.5 Å². The van der Waals surface area contributed by atoms with E-state index in [0.29, 0.717) is 18.9 Å². The fourth-order valence-corrected chi connectivity index (χ4v) is 4.94. The van der Waals surface area contributed by atoms with Gasteiger partial charge in [0.25, 0.3) is 5.56 Å². The summed E-state index contributed by atoms with van der Waals surface area (Å²) >= 11 is 0. The van der Waals surface area contributed by atoms with Crippen molar-refractivity contribution in [3.05, 3.63) is 76.1 Å². The van der Waals surface area contributed by atoms with Gasteiger partial charge in [-0.3, -0.25) is 19.3 Å². The average Bonchev–Trinajstić information content (AvgIpc) is 3.59. The minimum atomic E-state index is -0.617. The van der Waals surface area contributed by atoms with Crippen LogP contribution in [0.5, 0.6) is 0 Å². The lowest BCUT2D eigenvalue weighted by molar-refractivity contribution is -0.127. The molecule has 1 saturated heterocycles. The molecule has 2 aliphatic rings. The first-order valence-corrected chi connectivity index (χ1v) is 11.1. The molecule has 2 aromatic carbocycles. The monoisotopic (exact) mass is 414 g/mol. The van der Waals surface area contributed by atoms with E-state index < -0.39 is 12.0 Å². The van der Waals surface area contributed by atoms with Crippen LogP contribution in [-0.2, 0) is 16.1 Å². The molecule has 158 valence electrons. The molecule has 0 bridgehead atoms. The number of rotatable bonds is 5. The standard InChI is InChI=1S/C26H26N2O3/c1-3-19-25(30)24(17-8-6-5-7-9-17)28(26(19)31)18-12-13-22-21(14-18)20(16-10-11-16)15-23(29)27(22)4-2/h5-9,12-16,19,24H,3-4,10-11H2,1-2H3. The Bertz CT molecular complexity index is 1240. The number of aryl methyl sites for hydroxylation is 1. The highest BCUT2D eigenvalue weighted by Gasteiger charge is 2.47. The summed E-state index contributed by atoms with van der Waals surface area (Å²) in [5, 5.41) is 1.01. The normalized spacial score (nSPS) is 21.3. The average molecular weight is 415 g/mol. The van der Waals surface area contributed by atoms with E-state index in [4.69, 9.17) is 0 Å². The summed E-state index contributed by atoms with van der Waals surface area (Å²) in [6, 6.07) is 16.5. The number of aromatic nitrogens is 1. The number of carbonyl (C=O) groups excluding carboxylic acids is 2. The van der Waals surface area contributed by atoms with E-state index in [2.05, 4.69) is 0 Å². The minimum absolute atomic E-state index is 0.0188. The predicted molar refractivity (Wildman–Crippen MR) is 121 cm³/mol. The summed E-state index contributed by atoms with van der Waals surface area (Å²) in [6.45, 7) is 4.44. The van der Waals surface area contributed by atoms with Gasteiger partial charge in [-0.05, 0) is 61.4 Å². The second-order valence-corrected chi connectivity index (χ2v) is 8.54. The Balaban J connectivity index is 1.71. The second kappa shape index (κ2) is 7.49. The maximum absolute atomic E-state index is 13.3. The van der Waals surface area contributed by atoms with Gasteiger partial charge in [0.2, 0.25) is 5.91 Å². The van der Waals surface area contributed by atoms with E-state index >= 15 is 0 Å². The lowest BCUT2D eigenvalue weighted by Crippen LogP contribution is -2.29. The fourth-order valence-electron chi connectivity index (χ4n) is 4.94. The van der Waals surface area contributed by atoms with Gasteiger partial charge in [0.1, 0.15) is 6.04 Å². The third-order valence-electron chi connectivity index (χ3n) is 6.67. The van der Waals surface area contributed by atoms with E-state index in [-0.39, 0.29) is 17.2 Å². The SMILES string of the molecule is CCC1C(=O)C(c2ccccc2)N(c2ccc3c(c2)c(C2CC2)cc(=O)n3CC)C1=O. The topological polar surface area (TPSA) is 59.4 Å². The zero-order valence-corrected chi connectivity index (χ0v) is 17.9. The number of hydrogen-bond donors (Lipinski definition) is 0. The highest BCUT2D eigenvalue weighted by molar-refractivity contribution is 6.19. The molecule has 2 heterocycles. The molecule has 2 unspecified atom stereocenters. The van der Waals surface area contributed by atoms with Crippen LogP contribution in [0.15, 0.2) is 59.4 Å². The predicted octanol–water partition coefficient (Wildman–Crippen LogP) is 4.58. The van der Waals surface area contributed by atoms with E-state index in [9.17, 15) is 14.4 Å². The number of anilines is 1. The first kappa shape index (κ1) is 19.7. The number of fused-ring (bicyclic) bond motifs is 1. The molecule has 31 heavy (non-hydrogen) atoms. The third kappa shape index (κ3) is 3.11. The number of amides is 1. The quantitative estimate of drug-likeness (QED) is 0.574. The summed E-state index contributed by atoms with van der Waals surface area (Å²) in [7, 11) is 0. The molecule has 1 aromatic heterocycles. The second-order valence-electron chi connectivity index (χ2n) is 8.54. The van der Waals surface area contributed by atoms with Gasteiger partial charge in [0, 0.05) is 23.7 Å². The molecular weight excluding hydrogens is 388 g/mol. The molecule has 5 nitrogen and oxygen atoms in total. The number of hydrogen-bond acceptors (Lipinski definition) is 3. The van der Waals surface area contributed by atoms with Crippen molar-refractivity contribution in [2.75, 3.05) is 4.90 Å². The summed E-state index contributed by atoms with van der Waals surface area (Å²) in [5.74, 6) is -0.396. The van der Waals surface area contributed by atoms with Crippen LogP contribution in [0.3, 0.4) is 0 Å². The fraction of sp³-hybridized carbons (Fsp3) is 0.346. The van der Waals surface area contributed by atoms with E-state index in [1.165, 1.54) is 0 Å². The molecule has 1 amide bonds. The largest absolute Gasteiger partial charge is 0.309 e. The van der Waals surface area contributed by atoms with Crippen LogP contribution in [0, 0.1) is 5.92 Å². The van der Waals surface area contributed by atoms with Crippen molar-refractivity contribution in [3.8, 4) is 0 Å². The Morgan fingerprint density at radius 1 is 0.935 bits per heavy atom. The third-order valence-corrected chi connectivity index (χ3v) is 6.67. The maximum atomic E-state index is 13.3. The molecule has 3 aromatic rings. The molecule has 2 fully saturated rings. The number of pyridine rings is 1. The molecule has 0 radical (unpaired) electrons. The molecule has 0 spiro atoms. The van der Waals surface area contributed by atoms with Crippen molar-refractivity contribution in [1.82, 2.24) is 4.57 Å². The van der Waals surface area contributed by atoms with Crippen LogP contribution < -0.4 is 10.5 Å². The van der Waals surface area contributed by atoms with Crippen LogP contribution in [0.1, 0.15) is 56.2 Å². The minimum Gasteiger partial charge on any atom is -0.309 e. The first-order chi connectivity index (χ1) is 15.0. The molecule has 1 aliphatic heterocycles. The van der Waals surface area contributed by atoms with Gasteiger partial charge in [-0.15, -0.1) is 0 Å². The molecule has 2 atom stereocenters. The van der Waals surface area contributed by atoms with Gasteiger partial charge >= 0.3 is 0 Å². The van der Waals surface area contributed by atoms with Gasteiger partial charge in [0.15, 0.2) is 5.78 Å². The number of Topliss-reactive ketones (excluding diaryl/α,β-unsaturated/α-hetero) is 1. The van der Waals surface area contributed by atoms with Crippen LogP contribution in [0.4, 0.5) is 5.69 Å². The van der Waals surface area contributed by atoms with Gasteiger partial charge in [0.05, 0.1) is 11.4 Å². The van der Waals surface area contributed by atoms with Crippen molar-refractivity contribution in [2.24, 2.45) is 5.92 Å². The lowest BCUT2D eigenvalue weighted by atomic mass is 9.96. The number of carbonyl (C=O) groups is 2. The van der Waals surface area contributed by atoms with Crippen molar-refractivity contribution >= 4 is 28.3 Å². The Hall–Kier alpha value is -3.21. The van der Waals surface area contributed by atoms with Crippen LogP contribution in [-0.4, -0.2) is 16.3 Å². The highest BCUT2D eigenvalue weighted by atomic mass is 16.2. The number of benzene rings is 2. The Morgan fingerprint density at radius 3 is 2.32 bits per heavy atom. The number of ketones is 1. The Kier molecular flexibility index (Phi) is 4.77. The van der Waals surface area contributed by atoms with Crippen molar-refractivity contribution in [2.45, 2.75) is 51.6 Å². The molecule has 5 rings (SSSR count). The van der Waals surface area contributed by atoms with Gasteiger partial charge in [-0.1, -0.05) is 37.3 Å². The molecule has 1 saturated carbocycles. The summed E-state index contributed by atoms with van der Waals surface area (Å²) < 4.78 is 1.77. The molecule has 1 aliphatic carbocycles. The van der Waals surface area contributed by atoms with Crippen LogP contribution in [0.25, 0.3) is 10.9 Å². The molecule has 5 heteroatoms. The summed E-state index contributed by atoms with van der Waals surface area (Å²) in [6.07, 6.45) is 2.66. The molecular formula is C26H26N2O3. The van der Waals surface area contributed by atoms with Crippen LogP contribution in [0.2, 0.25) is 0 Å². The van der Waals surface area contributed by atoms with Gasteiger partial charge in [-0.25, -0.2) is 0 Å². The lowest BCUT2D eigenvalue weighted by Gasteiger charge is -2.25. The zero-order chi connectivity index (χ0) is 21.7. The highest BCUT2D eigenvalue weighted by Crippen LogP contribution is 2.44. The number of nitrogens with zero attached hydrogens (tertiary/aromatic N) is 2. The zero-order valence-electron chi connectivity index (χ0n) is 17.9. The van der Waals surface area contributed by atoms with Crippen molar-refractivity contribution in [3.63, 3.8) is 0 Å². The van der Waals surface area contributed by atoms with Crippen molar-refractivity contribution < 1.29 is 9.59 Å². The van der Waals surface area contributed by atoms with Gasteiger partial charge in [-0.2, -0.15) is 0 Å². The Morgan fingerprint density at radius 2 is 1.68 bits per heavy atom. The van der Waals surface area contributed by atoms with Gasteiger partial charge < -0.3 is 4.57 Å². The smallest absolute Gasteiger partial charge is 0.251 e. The summed E-state index contributed by atoms with van der Waals surface area (Å²) in [5.41, 5.74) is 3.52. The maximum Gasteiger partial charge on any atom is 0.251 e.